The van der Waals surface area contributed by atoms with E-state index in [1.165, 1.54) is 12.3 Å². The first-order valence-corrected chi connectivity index (χ1v) is 6.52. The second kappa shape index (κ2) is 6.58. The zero-order valence-electron chi connectivity index (χ0n) is 11.3. The Morgan fingerprint density at radius 1 is 1.35 bits per heavy atom. The summed E-state index contributed by atoms with van der Waals surface area (Å²) < 4.78 is 43.0. The van der Waals surface area contributed by atoms with E-state index in [1.54, 1.807) is 12.1 Å². The smallest absolute Gasteiger partial charge is 0.416 e. The van der Waals surface area contributed by atoms with Gasteiger partial charge in [0.2, 0.25) is 0 Å². The Morgan fingerprint density at radius 3 is 2.65 bits per heavy atom. The number of hydrogen-bond acceptors (Lipinski definition) is 3. The van der Waals surface area contributed by atoms with Crippen molar-refractivity contribution in [1.29, 1.82) is 5.26 Å². The van der Waals surface area contributed by atoms with Gasteiger partial charge in [0, 0.05) is 6.08 Å². The number of halogens is 4. The van der Waals surface area contributed by atoms with Crippen LogP contribution in [0.2, 0.25) is 5.02 Å². The van der Waals surface area contributed by atoms with Crippen LogP contribution in [-0.2, 0) is 11.0 Å². The maximum absolute atomic E-state index is 12.7. The van der Waals surface area contributed by atoms with Gasteiger partial charge in [-0.15, -0.1) is 0 Å². The summed E-state index contributed by atoms with van der Waals surface area (Å²) in [6.45, 7) is 0. The SMILES string of the molecule is N#C/C(=C\c1ccco1)C(=O)Nc1cc(C(F)(F)F)ccc1Cl. The predicted octanol–water partition coefficient (Wildman–Crippen LogP) is 4.50. The van der Waals surface area contributed by atoms with Gasteiger partial charge in [0.25, 0.3) is 5.91 Å². The number of rotatable bonds is 3. The average molecular weight is 341 g/mol. The third-order valence-electron chi connectivity index (χ3n) is 2.74. The molecule has 0 unspecified atom stereocenters. The number of carbonyl (C=O) groups is 1. The molecule has 1 aromatic carbocycles. The standard InChI is InChI=1S/C15H8ClF3N2O2/c16-12-4-3-10(15(17,18)19)7-13(12)21-14(22)9(8-20)6-11-2-1-5-23-11/h1-7H,(H,21,22)/b9-6+. The number of furan rings is 1. The second-order valence-electron chi connectivity index (χ2n) is 4.33. The quantitative estimate of drug-likeness (QED) is 0.661. The van der Waals surface area contributed by atoms with Crippen molar-refractivity contribution in [3.63, 3.8) is 0 Å². The van der Waals surface area contributed by atoms with Crippen LogP contribution in [0.1, 0.15) is 11.3 Å². The van der Waals surface area contributed by atoms with Gasteiger partial charge in [-0.25, -0.2) is 0 Å². The number of anilines is 1. The number of alkyl halides is 3. The van der Waals surface area contributed by atoms with Gasteiger partial charge in [0.05, 0.1) is 22.5 Å². The fraction of sp³-hybridized carbons (Fsp3) is 0.0667. The largest absolute Gasteiger partial charge is 0.465 e. The van der Waals surface area contributed by atoms with E-state index in [-0.39, 0.29) is 22.0 Å². The summed E-state index contributed by atoms with van der Waals surface area (Å²) in [5.74, 6) is -0.642. The molecule has 0 fully saturated rings. The summed E-state index contributed by atoms with van der Waals surface area (Å²) in [6.07, 6.45) is -2.06. The molecule has 0 atom stereocenters. The zero-order chi connectivity index (χ0) is 17.0. The average Bonchev–Trinajstić information content (AvgIpc) is 2.98. The summed E-state index contributed by atoms with van der Waals surface area (Å²) >= 11 is 5.78. The lowest BCUT2D eigenvalue weighted by Gasteiger charge is -2.11. The molecule has 0 saturated heterocycles. The van der Waals surface area contributed by atoms with E-state index >= 15 is 0 Å². The first kappa shape index (κ1) is 16.6. The van der Waals surface area contributed by atoms with Crippen molar-refractivity contribution in [3.05, 3.63) is 58.5 Å². The van der Waals surface area contributed by atoms with Gasteiger partial charge in [-0.2, -0.15) is 18.4 Å². The van der Waals surface area contributed by atoms with E-state index in [9.17, 15) is 18.0 Å². The number of nitriles is 1. The number of amides is 1. The van der Waals surface area contributed by atoms with Gasteiger partial charge in [-0.05, 0) is 30.3 Å². The van der Waals surface area contributed by atoms with Gasteiger partial charge in [0.1, 0.15) is 17.4 Å². The number of nitrogens with zero attached hydrogens (tertiary/aromatic N) is 1. The van der Waals surface area contributed by atoms with E-state index in [1.807, 2.05) is 0 Å². The molecule has 1 heterocycles. The van der Waals surface area contributed by atoms with Crippen LogP contribution in [0.4, 0.5) is 18.9 Å². The molecule has 0 bridgehead atoms. The maximum atomic E-state index is 12.7. The molecule has 0 radical (unpaired) electrons. The van der Waals surface area contributed by atoms with Crippen LogP contribution in [0.5, 0.6) is 0 Å². The van der Waals surface area contributed by atoms with Crippen LogP contribution in [0.15, 0.2) is 46.6 Å². The van der Waals surface area contributed by atoms with Gasteiger partial charge in [-0.1, -0.05) is 11.6 Å². The van der Waals surface area contributed by atoms with Crippen LogP contribution >= 0.6 is 11.6 Å². The molecule has 0 aliphatic heterocycles. The third kappa shape index (κ3) is 4.14. The Bertz CT molecular complexity index is 790. The molecule has 118 valence electrons. The highest BCUT2D eigenvalue weighted by Gasteiger charge is 2.31. The lowest BCUT2D eigenvalue weighted by Crippen LogP contribution is -2.15. The van der Waals surface area contributed by atoms with E-state index < -0.39 is 17.6 Å². The van der Waals surface area contributed by atoms with Gasteiger partial charge in [0.15, 0.2) is 0 Å². The maximum Gasteiger partial charge on any atom is 0.416 e. The van der Waals surface area contributed by atoms with Crippen LogP contribution in [-0.4, -0.2) is 5.91 Å². The van der Waals surface area contributed by atoms with Crippen LogP contribution < -0.4 is 5.32 Å². The summed E-state index contributed by atoms with van der Waals surface area (Å²) in [5.41, 5.74) is -1.55. The molecule has 23 heavy (non-hydrogen) atoms. The molecule has 0 aliphatic carbocycles. The zero-order valence-corrected chi connectivity index (χ0v) is 12.1. The molecule has 0 aliphatic rings. The fourth-order valence-corrected chi connectivity index (χ4v) is 1.82. The number of hydrogen-bond donors (Lipinski definition) is 1. The van der Waals surface area contributed by atoms with Crippen molar-refractivity contribution in [2.75, 3.05) is 5.32 Å². The molecule has 2 aromatic rings. The molecule has 1 N–H and O–H groups in total. The first-order valence-electron chi connectivity index (χ1n) is 6.14. The van der Waals surface area contributed by atoms with Crippen LogP contribution in [0.25, 0.3) is 6.08 Å². The number of benzene rings is 1. The lowest BCUT2D eigenvalue weighted by molar-refractivity contribution is -0.137. The Balaban J connectivity index is 2.28. The Labute approximate surface area is 133 Å². The van der Waals surface area contributed by atoms with Crippen LogP contribution in [0.3, 0.4) is 0 Å². The highest BCUT2D eigenvalue weighted by molar-refractivity contribution is 6.34. The van der Waals surface area contributed by atoms with Crippen molar-refractivity contribution in [2.24, 2.45) is 0 Å². The minimum atomic E-state index is -4.58. The normalized spacial score (nSPS) is 11.9. The molecule has 0 spiro atoms. The monoisotopic (exact) mass is 340 g/mol. The summed E-state index contributed by atoms with van der Waals surface area (Å²) in [4.78, 5) is 12.0. The fourth-order valence-electron chi connectivity index (χ4n) is 1.65. The molecule has 0 saturated carbocycles. The van der Waals surface area contributed by atoms with Crippen molar-refractivity contribution < 1.29 is 22.4 Å². The minimum absolute atomic E-state index is 0.0818. The second-order valence-corrected chi connectivity index (χ2v) is 4.74. The molecule has 1 amide bonds. The summed E-state index contributed by atoms with van der Waals surface area (Å²) in [6, 6.07) is 7.23. The van der Waals surface area contributed by atoms with E-state index in [4.69, 9.17) is 21.3 Å². The minimum Gasteiger partial charge on any atom is -0.465 e. The molecule has 4 nitrogen and oxygen atoms in total. The highest BCUT2D eigenvalue weighted by Crippen LogP contribution is 2.33. The Morgan fingerprint density at radius 2 is 2.09 bits per heavy atom. The molecule has 8 heteroatoms. The molecular weight excluding hydrogens is 333 g/mol. The van der Waals surface area contributed by atoms with Gasteiger partial charge >= 0.3 is 6.18 Å². The molecular formula is C15H8ClF3N2O2. The number of nitrogens with one attached hydrogen (secondary N) is 1. The molecule has 1 aromatic heterocycles. The van der Waals surface area contributed by atoms with Crippen LogP contribution in [0, 0.1) is 11.3 Å². The predicted molar refractivity (Wildman–Crippen MR) is 77.4 cm³/mol. The summed E-state index contributed by atoms with van der Waals surface area (Å²) in [7, 11) is 0. The van der Waals surface area contributed by atoms with E-state index in [0.717, 1.165) is 18.2 Å². The third-order valence-corrected chi connectivity index (χ3v) is 3.07. The van der Waals surface area contributed by atoms with Crippen molar-refractivity contribution in [3.8, 4) is 6.07 Å². The Kier molecular flexibility index (Phi) is 4.77. The molecule has 2 rings (SSSR count). The van der Waals surface area contributed by atoms with Gasteiger partial charge in [-0.3, -0.25) is 4.79 Å². The summed E-state index contributed by atoms with van der Waals surface area (Å²) in [5, 5.41) is 11.1. The highest BCUT2D eigenvalue weighted by atomic mass is 35.5. The van der Waals surface area contributed by atoms with Crippen molar-refractivity contribution in [2.45, 2.75) is 6.18 Å². The van der Waals surface area contributed by atoms with Gasteiger partial charge < -0.3 is 9.73 Å². The lowest BCUT2D eigenvalue weighted by atomic mass is 10.1. The Hall–Kier alpha value is -2.72. The van der Waals surface area contributed by atoms with E-state index in [2.05, 4.69) is 5.32 Å². The van der Waals surface area contributed by atoms with E-state index in [0.29, 0.717) is 6.07 Å². The topological polar surface area (TPSA) is 66.0 Å². The van der Waals surface area contributed by atoms with Crippen molar-refractivity contribution >= 4 is 29.3 Å². The van der Waals surface area contributed by atoms with Crippen molar-refractivity contribution in [1.82, 2.24) is 0 Å². The number of carbonyl (C=O) groups excluding carboxylic acids is 1. The first-order chi connectivity index (χ1) is 10.8.